The summed E-state index contributed by atoms with van der Waals surface area (Å²) in [5.74, 6) is 0.959. The zero-order valence-corrected chi connectivity index (χ0v) is 14.9. The maximum atomic E-state index is 11.6. The monoisotopic (exact) mass is 357 g/mol. The Bertz CT molecular complexity index is 980. The summed E-state index contributed by atoms with van der Waals surface area (Å²) in [5.41, 5.74) is 3.45. The lowest BCUT2D eigenvalue weighted by Gasteiger charge is -2.09. The molecule has 0 unspecified atom stereocenters. The summed E-state index contributed by atoms with van der Waals surface area (Å²) in [6.07, 6.45) is 1.22. The predicted molar refractivity (Wildman–Crippen MR) is 96.8 cm³/mol. The van der Waals surface area contributed by atoms with E-state index in [2.05, 4.69) is 15.5 Å². The largest absolute Gasteiger partial charge is 0.376 e. The van der Waals surface area contributed by atoms with Crippen molar-refractivity contribution < 1.29 is 12.9 Å². The van der Waals surface area contributed by atoms with E-state index in [-0.39, 0.29) is 5.75 Å². The van der Waals surface area contributed by atoms with E-state index in [1.807, 2.05) is 49.4 Å². The molecule has 7 heteroatoms. The highest BCUT2D eigenvalue weighted by Crippen LogP contribution is 2.21. The van der Waals surface area contributed by atoms with E-state index in [4.69, 9.17) is 4.52 Å². The number of nitrogens with one attached hydrogen (secondary N) is 1. The Morgan fingerprint density at radius 1 is 1.08 bits per heavy atom. The number of aromatic nitrogens is 2. The quantitative estimate of drug-likeness (QED) is 0.729. The van der Waals surface area contributed by atoms with Crippen molar-refractivity contribution in [2.45, 2.75) is 19.2 Å². The Balaban J connectivity index is 1.74. The molecular weight excluding hydrogens is 338 g/mol. The first-order chi connectivity index (χ1) is 11.9. The van der Waals surface area contributed by atoms with Gasteiger partial charge in [-0.25, -0.2) is 8.42 Å². The molecule has 1 aromatic heterocycles. The van der Waals surface area contributed by atoms with Gasteiger partial charge in [-0.05, 0) is 24.1 Å². The van der Waals surface area contributed by atoms with Gasteiger partial charge < -0.3 is 9.84 Å². The molecule has 1 N–H and O–H groups in total. The highest BCUT2D eigenvalue weighted by atomic mass is 32.2. The van der Waals surface area contributed by atoms with Gasteiger partial charge >= 0.3 is 0 Å². The summed E-state index contributed by atoms with van der Waals surface area (Å²) in [7, 11) is -3.11. The van der Waals surface area contributed by atoms with E-state index in [1.54, 1.807) is 6.07 Å². The molecule has 0 fully saturated rings. The summed E-state index contributed by atoms with van der Waals surface area (Å²) in [6, 6.07) is 15.1. The van der Waals surface area contributed by atoms with Crippen LogP contribution in [0.5, 0.6) is 0 Å². The van der Waals surface area contributed by atoms with Crippen molar-refractivity contribution in [3.8, 4) is 11.4 Å². The molecule has 0 aliphatic heterocycles. The molecule has 0 aliphatic rings. The third-order valence-corrected chi connectivity index (χ3v) is 4.55. The second kappa shape index (κ2) is 7.06. The minimum Gasteiger partial charge on any atom is -0.376 e. The van der Waals surface area contributed by atoms with E-state index >= 15 is 0 Å². The Kier molecular flexibility index (Phi) is 4.85. The maximum Gasteiger partial charge on any atom is 0.246 e. The van der Waals surface area contributed by atoms with Gasteiger partial charge in [-0.2, -0.15) is 4.98 Å². The Hall–Kier alpha value is -2.67. The normalized spacial score (nSPS) is 11.4. The van der Waals surface area contributed by atoms with Crippen LogP contribution in [0.15, 0.2) is 53.1 Å². The molecule has 25 heavy (non-hydrogen) atoms. The van der Waals surface area contributed by atoms with Crippen LogP contribution in [0, 0.1) is 6.92 Å². The van der Waals surface area contributed by atoms with Crippen molar-refractivity contribution in [2.75, 3.05) is 11.6 Å². The molecule has 0 amide bonds. The van der Waals surface area contributed by atoms with Crippen molar-refractivity contribution in [1.82, 2.24) is 10.1 Å². The van der Waals surface area contributed by atoms with E-state index in [1.165, 1.54) is 6.26 Å². The van der Waals surface area contributed by atoms with Gasteiger partial charge in [0.05, 0.1) is 12.3 Å². The second-order valence-electron chi connectivity index (χ2n) is 5.91. The average molecular weight is 357 g/mol. The molecule has 0 bridgehead atoms. The first kappa shape index (κ1) is 17.2. The van der Waals surface area contributed by atoms with E-state index in [9.17, 15) is 8.42 Å². The van der Waals surface area contributed by atoms with Gasteiger partial charge in [-0.1, -0.05) is 47.6 Å². The lowest BCUT2D eigenvalue weighted by molar-refractivity contribution is 0.384. The summed E-state index contributed by atoms with van der Waals surface area (Å²) < 4.78 is 28.4. The zero-order chi connectivity index (χ0) is 17.9. The molecule has 3 rings (SSSR count). The van der Waals surface area contributed by atoms with E-state index in [0.717, 1.165) is 16.8 Å². The fourth-order valence-corrected chi connectivity index (χ4v) is 3.35. The summed E-state index contributed by atoms with van der Waals surface area (Å²) in [6.45, 7) is 2.31. The third kappa shape index (κ3) is 4.45. The number of hydrogen-bond acceptors (Lipinski definition) is 6. The molecule has 3 aromatic rings. The van der Waals surface area contributed by atoms with E-state index in [0.29, 0.717) is 23.8 Å². The zero-order valence-electron chi connectivity index (χ0n) is 14.1. The number of rotatable bonds is 6. The van der Waals surface area contributed by atoms with Crippen molar-refractivity contribution in [3.05, 3.63) is 65.5 Å². The van der Waals surface area contributed by atoms with Crippen LogP contribution < -0.4 is 5.32 Å². The van der Waals surface area contributed by atoms with Crippen LogP contribution in [0.3, 0.4) is 0 Å². The van der Waals surface area contributed by atoms with Crippen LogP contribution in [0.4, 0.5) is 5.69 Å². The first-order valence-corrected chi connectivity index (χ1v) is 9.86. The molecule has 6 nitrogen and oxygen atoms in total. The van der Waals surface area contributed by atoms with Gasteiger partial charge in [0, 0.05) is 17.5 Å². The lowest BCUT2D eigenvalue weighted by Crippen LogP contribution is -2.06. The minimum absolute atomic E-state index is 0.0194. The summed E-state index contributed by atoms with van der Waals surface area (Å²) in [4.78, 5) is 4.40. The molecule has 130 valence electrons. The van der Waals surface area contributed by atoms with Crippen LogP contribution in [0.25, 0.3) is 11.4 Å². The number of para-hydroxylation sites is 1. The fourth-order valence-electron chi connectivity index (χ4n) is 2.53. The number of sulfone groups is 1. The van der Waals surface area contributed by atoms with Gasteiger partial charge in [0.2, 0.25) is 11.7 Å². The van der Waals surface area contributed by atoms with Crippen molar-refractivity contribution in [1.29, 1.82) is 0 Å². The van der Waals surface area contributed by atoms with Crippen LogP contribution in [0.2, 0.25) is 0 Å². The third-order valence-electron chi connectivity index (χ3n) is 3.72. The van der Waals surface area contributed by atoms with E-state index < -0.39 is 9.84 Å². The van der Waals surface area contributed by atoms with Gasteiger partial charge in [-0.15, -0.1) is 0 Å². The molecule has 0 saturated heterocycles. The number of benzene rings is 2. The fraction of sp³-hybridized carbons (Fsp3) is 0.222. The summed E-state index contributed by atoms with van der Waals surface area (Å²) >= 11 is 0. The van der Waals surface area contributed by atoms with Crippen LogP contribution in [0.1, 0.15) is 17.0 Å². The minimum atomic E-state index is -3.11. The SMILES string of the molecule is Cc1ccccc1-c1noc(CNc2ccccc2CS(C)(=O)=O)n1. The smallest absolute Gasteiger partial charge is 0.246 e. The summed E-state index contributed by atoms with van der Waals surface area (Å²) in [5, 5.41) is 7.19. The van der Waals surface area contributed by atoms with Gasteiger partial charge in [0.25, 0.3) is 0 Å². The molecular formula is C18H19N3O3S. The lowest BCUT2D eigenvalue weighted by atomic mass is 10.1. The van der Waals surface area contributed by atoms with Crippen LogP contribution >= 0.6 is 0 Å². The molecule has 1 heterocycles. The molecule has 0 saturated carbocycles. The highest BCUT2D eigenvalue weighted by Gasteiger charge is 2.12. The Morgan fingerprint density at radius 2 is 1.80 bits per heavy atom. The Morgan fingerprint density at radius 3 is 2.56 bits per heavy atom. The van der Waals surface area contributed by atoms with Crippen molar-refractivity contribution >= 4 is 15.5 Å². The molecule has 0 spiro atoms. The Labute approximate surface area is 146 Å². The van der Waals surface area contributed by atoms with Crippen molar-refractivity contribution in [3.63, 3.8) is 0 Å². The van der Waals surface area contributed by atoms with Gasteiger partial charge in [0.1, 0.15) is 0 Å². The maximum absolute atomic E-state index is 11.6. The van der Waals surface area contributed by atoms with Crippen LogP contribution in [-0.4, -0.2) is 24.8 Å². The molecule has 0 aliphatic carbocycles. The number of aryl methyl sites for hydroxylation is 1. The standard InChI is InChI=1S/C18H19N3O3S/c1-13-7-3-5-9-15(13)18-20-17(24-21-18)11-19-16-10-6-4-8-14(16)12-25(2,22)23/h3-10,19H,11-12H2,1-2H3. The van der Waals surface area contributed by atoms with Gasteiger partial charge in [0.15, 0.2) is 9.84 Å². The molecule has 0 atom stereocenters. The van der Waals surface area contributed by atoms with Crippen LogP contribution in [-0.2, 0) is 22.1 Å². The van der Waals surface area contributed by atoms with Gasteiger partial charge in [-0.3, -0.25) is 0 Å². The predicted octanol–water partition coefficient (Wildman–Crippen LogP) is 3.20. The number of anilines is 1. The highest BCUT2D eigenvalue weighted by molar-refractivity contribution is 7.89. The number of nitrogens with zero attached hydrogens (tertiary/aromatic N) is 2. The topological polar surface area (TPSA) is 85.1 Å². The average Bonchev–Trinajstić information content (AvgIpc) is 3.02. The number of hydrogen-bond donors (Lipinski definition) is 1. The molecule has 0 radical (unpaired) electrons. The van der Waals surface area contributed by atoms with Crippen molar-refractivity contribution in [2.24, 2.45) is 0 Å². The second-order valence-corrected chi connectivity index (χ2v) is 8.05. The first-order valence-electron chi connectivity index (χ1n) is 7.80. The molecule has 2 aromatic carbocycles.